The van der Waals surface area contributed by atoms with E-state index in [0.717, 1.165) is 52.0 Å². The summed E-state index contributed by atoms with van der Waals surface area (Å²) in [5.41, 5.74) is 6.21. The fourth-order valence-electron chi connectivity index (χ4n) is 4.34. The van der Waals surface area contributed by atoms with Crippen molar-refractivity contribution in [3.8, 4) is 16.9 Å². The van der Waals surface area contributed by atoms with Crippen LogP contribution >= 0.6 is 0 Å². The minimum Gasteiger partial charge on any atom is -0.488 e. The molecule has 0 bridgehead atoms. The van der Waals surface area contributed by atoms with Gasteiger partial charge in [-0.25, -0.2) is 4.39 Å². The molecule has 0 radical (unpaired) electrons. The van der Waals surface area contributed by atoms with Crippen LogP contribution in [0.4, 0.5) is 4.39 Å². The number of hydrogen-bond donors (Lipinski definition) is 1. The van der Waals surface area contributed by atoms with Crippen LogP contribution in [-0.2, 0) is 6.61 Å². The highest BCUT2D eigenvalue weighted by Gasteiger charge is 2.27. The summed E-state index contributed by atoms with van der Waals surface area (Å²) in [6, 6.07) is 14.5. The zero-order valence-electron chi connectivity index (χ0n) is 21.8. The molecular weight excluding hydrogens is 437 g/mol. The van der Waals surface area contributed by atoms with Gasteiger partial charge >= 0.3 is 0 Å². The molecule has 0 spiro atoms. The van der Waals surface area contributed by atoms with Gasteiger partial charge in [-0.3, -0.25) is 4.98 Å². The molecule has 1 heterocycles. The zero-order chi connectivity index (χ0) is 25.5. The summed E-state index contributed by atoms with van der Waals surface area (Å²) in [5, 5.41) is 11.0. The molecule has 0 amide bonds. The number of pyridine rings is 1. The van der Waals surface area contributed by atoms with E-state index in [1.54, 1.807) is 13.0 Å². The lowest BCUT2D eigenvalue weighted by Gasteiger charge is -2.26. The van der Waals surface area contributed by atoms with Crippen LogP contribution in [0.1, 0.15) is 100 Å². The van der Waals surface area contributed by atoms with E-state index in [1.165, 1.54) is 12.1 Å². The van der Waals surface area contributed by atoms with E-state index in [4.69, 9.17) is 9.72 Å². The molecule has 0 saturated heterocycles. The monoisotopic (exact) mass is 475 g/mol. The van der Waals surface area contributed by atoms with Gasteiger partial charge in [-0.05, 0) is 42.9 Å². The molecule has 3 aromatic rings. The zero-order valence-corrected chi connectivity index (χ0v) is 21.8. The highest BCUT2D eigenvalue weighted by Crippen LogP contribution is 2.43. The van der Waals surface area contributed by atoms with Crippen molar-refractivity contribution in [1.82, 2.24) is 4.98 Å². The van der Waals surface area contributed by atoms with Gasteiger partial charge in [-0.1, -0.05) is 83.5 Å². The highest BCUT2D eigenvalue weighted by molar-refractivity contribution is 5.84. The Balaban J connectivity index is 2.33. The molecule has 0 aliphatic heterocycles. The molecule has 0 aliphatic rings. The molecule has 1 atom stereocenters. The predicted octanol–water partition coefficient (Wildman–Crippen LogP) is 8.58. The summed E-state index contributed by atoms with van der Waals surface area (Å²) in [6.07, 6.45) is 5.49. The number of aliphatic hydroxyl groups excluding tert-OH is 1. The molecule has 2 aromatic carbocycles. The van der Waals surface area contributed by atoms with E-state index >= 15 is 0 Å². The van der Waals surface area contributed by atoms with Crippen LogP contribution in [-0.4, -0.2) is 10.1 Å². The lowest BCUT2D eigenvalue weighted by molar-refractivity contribution is 0.197. The number of aliphatic hydroxyl groups is 1. The summed E-state index contributed by atoms with van der Waals surface area (Å²) in [6.45, 7) is 12.7. The van der Waals surface area contributed by atoms with Crippen LogP contribution < -0.4 is 4.74 Å². The Kier molecular flexibility index (Phi) is 9.22. The third kappa shape index (κ3) is 6.37. The standard InChI is InChI=1S/C31H38FNO2/c1-7-8-10-15-26-29(28(22(6)34)31(21(4)5)33-30(26)20(2)3)25-17-16-24(32)18-27(25)35-19-23-13-11-9-12-14-23/h9-18,20-22,34H,7-8,19H2,1-6H3. The number of benzene rings is 2. The second-order valence-corrected chi connectivity index (χ2v) is 9.68. The molecule has 1 unspecified atom stereocenters. The maximum atomic E-state index is 14.5. The first kappa shape index (κ1) is 26.6. The fourth-order valence-corrected chi connectivity index (χ4v) is 4.34. The minimum absolute atomic E-state index is 0.110. The van der Waals surface area contributed by atoms with Crippen molar-refractivity contribution < 1.29 is 14.2 Å². The number of aromatic nitrogens is 1. The van der Waals surface area contributed by atoms with Crippen LogP contribution in [0, 0.1) is 5.82 Å². The van der Waals surface area contributed by atoms with Crippen molar-refractivity contribution in [2.75, 3.05) is 0 Å². The molecule has 186 valence electrons. The number of hydrogen-bond acceptors (Lipinski definition) is 3. The van der Waals surface area contributed by atoms with Gasteiger partial charge in [0.15, 0.2) is 0 Å². The first-order chi connectivity index (χ1) is 16.7. The summed E-state index contributed by atoms with van der Waals surface area (Å²) < 4.78 is 20.7. The smallest absolute Gasteiger partial charge is 0.130 e. The SMILES string of the molecule is CCCC=Cc1c(C(C)C)nc(C(C)C)c(C(C)O)c1-c1ccc(F)cc1OCc1ccccc1. The van der Waals surface area contributed by atoms with Gasteiger partial charge in [0.1, 0.15) is 18.2 Å². The number of nitrogens with zero attached hydrogens (tertiary/aromatic N) is 1. The lowest BCUT2D eigenvalue weighted by atomic mass is 9.84. The Bertz CT molecular complexity index is 1150. The second-order valence-electron chi connectivity index (χ2n) is 9.68. The minimum atomic E-state index is -0.749. The Morgan fingerprint density at radius 3 is 2.26 bits per heavy atom. The predicted molar refractivity (Wildman–Crippen MR) is 143 cm³/mol. The Morgan fingerprint density at radius 1 is 0.971 bits per heavy atom. The molecule has 0 aliphatic carbocycles. The normalized spacial score (nSPS) is 12.6. The van der Waals surface area contributed by atoms with Crippen molar-refractivity contribution >= 4 is 6.08 Å². The number of unbranched alkanes of at least 4 members (excludes halogenated alkanes) is 1. The number of halogens is 1. The molecule has 4 heteroatoms. The number of rotatable bonds is 10. The van der Waals surface area contributed by atoms with Gasteiger partial charge in [0, 0.05) is 34.0 Å². The first-order valence-corrected chi connectivity index (χ1v) is 12.6. The van der Waals surface area contributed by atoms with Crippen LogP contribution in [0.5, 0.6) is 5.75 Å². The summed E-state index contributed by atoms with van der Waals surface area (Å²) in [4.78, 5) is 5.07. The molecule has 3 rings (SSSR count). The Morgan fingerprint density at radius 2 is 1.66 bits per heavy atom. The van der Waals surface area contributed by atoms with Gasteiger partial charge in [0.2, 0.25) is 0 Å². The molecule has 35 heavy (non-hydrogen) atoms. The van der Waals surface area contributed by atoms with Gasteiger partial charge in [-0.15, -0.1) is 0 Å². The van der Waals surface area contributed by atoms with E-state index in [0.29, 0.717) is 12.4 Å². The van der Waals surface area contributed by atoms with E-state index < -0.39 is 6.10 Å². The second kappa shape index (κ2) is 12.1. The highest BCUT2D eigenvalue weighted by atomic mass is 19.1. The van der Waals surface area contributed by atoms with Crippen LogP contribution in [0.2, 0.25) is 0 Å². The van der Waals surface area contributed by atoms with Crippen molar-refractivity contribution in [3.05, 3.63) is 88.5 Å². The Hall–Kier alpha value is -2.98. The average molecular weight is 476 g/mol. The molecule has 3 nitrogen and oxygen atoms in total. The number of allylic oxidation sites excluding steroid dienone is 1. The van der Waals surface area contributed by atoms with Gasteiger partial charge in [0.25, 0.3) is 0 Å². The number of ether oxygens (including phenoxy) is 1. The third-order valence-electron chi connectivity index (χ3n) is 6.03. The molecular formula is C31H38FNO2. The van der Waals surface area contributed by atoms with Crippen LogP contribution in [0.3, 0.4) is 0 Å². The van der Waals surface area contributed by atoms with E-state index in [9.17, 15) is 9.50 Å². The maximum Gasteiger partial charge on any atom is 0.130 e. The quantitative estimate of drug-likeness (QED) is 0.319. The van der Waals surface area contributed by atoms with Crippen LogP contribution in [0.25, 0.3) is 17.2 Å². The molecule has 0 saturated carbocycles. The third-order valence-corrected chi connectivity index (χ3v) is 6.03. The van der Waals surface area contributed by atoms with Crippen molar-refractivity contribution in [1.29, 1.82) is 0 Å². The summed E-state index contributed by atoms with van der Waals surface area (Å²) >= 11 is 0. The average Bonchev–Trinajstić information content (AvgIpc) is 2.82. The van der Waals surface area contributed by atoms with Gasteiger partial charge < -0.3 is 9.84 Å². The van der Waals surface area contributed by atoms with Crippen molar-refractivity contribution in [2.45, 2.75) is 78.9 Å². The van der Waals surface area contributed by atoms with E-state index in [-0.39, 0.29) is 17.7 Å². The first-order valence-electron chi connectivity index (χ1n) is 12.6. The molecule has 1 aromatic heterocycles. The topological polar surface area (TPSA) is 42.4 Å². The lowest BCUT2D eigenvalue weighted by Crippen LogP contribution is -2.13. The van der Waals surface area contributed by atoms with E-state index in [1.807, 2.05) is 30.3 Å². The van der Waals surface area contributed by atoms with Crippen molar-refractivity contribution in [2.24, 2.45) is 0 Å². The van der Waals surface area contributed by atoms with Gasteiger partial charge in [0.05, 0.1) is 11.8 Å². The molecule has 1 N–H and O–H groups in total. The van der Waals surface area contributed by atoms with E-state index in [2.05, 4.69) is 46.8 Å². The largest absolute Gasteiger partial charge is 0.488 e. The van der Waals surface area contributed by atoms with Gasteiger partial charge in [-0.2, -0.15) is 0 Å². The summed E-state index contributed by atoms with van der Waals surface area (Å²) in [5.74, 6) is 0.376. The van der Waals surface area contributed by atoms with Crippen LogP contribution in [0.15, 0.2) is 54.6 Å². The Labute approximate surface area is 209 Å². The van der Waals surface area contributed by atoms with Crippen molar-refractivity contribution in [3.63, 3.8) is 0 Å². The fraction of sp³-hybridized carbons (Fsp3) is 0.387. The maximum absolute atomic E-state index is 14.5. The summed E-state index contributed by atoms with van der Waals surface area (Å²) in [7, 11) is 0. The molecule has 0 fully saturated rings.